The molecule has 2 atom stereocenters. The lowest BCUT2D eigenvalue weighted by molar-refractivity contribution is -0.889. The van der Waals surface area contributed by atoms with Crippen LogP contribution in [0.3, 0.4) is 0 Å². The van der Waals surface area contributed by atoms with E-state index in [1.165, 1.54) is 89.9 Å². The van der Waals surface area contributed by atoms with Gasteiger partial charge in [0.25, 0.3) is 0 Å². The van der Waals surface area contributed by atoms with E-state index in [-0.39, 0.29) is 49.1 Å². The molecule has 0 fully saturated rings. The lowest BCUT2D eigenvalue weighted by Crippen LogP contribution is -2.55. The summed E-state index contributed by atoms with van der Waals surface area (Å²) >= 11 is 0. The van der Waals surface area contributed by atoms with Gasteiger partial charge in [-0.15, -0.1) is 0 Å². The Kier molecular flexibility index (Phi) is 28.2. The van der Waals surface area contributed by atoms with Crippen LogP contribution >= 0.6 is 0 Å². The largest absolute Gasteiger partial charge is 0.544 e. The first-order chi connectivity index (χ1) is 21.6. The molecule has 8 heteroatoms. The maximum absolute atomic E-state index is 12.6. The molecule has 0 aliphatic carbocycles. The number of rotatable bonds is 32. The number of unbranched alkanes of at least 4 members (excludes halogenated alkanes) is 16. The number of ether oxygens (including phenoxy) is 3. The predicted octanol–water partition coefficient (Wildman–Crippen LogP) is 7.46. The smallest absolute Gasteiger partial charge is 0.306 e. The van der Waals surface area contributed by atoms with Crippen molar-refractivity contribution < 1.29 is 38.2 Å². The maximum atomic E-state index is 12.6. The van der Waals surface area contributed by atoms with Crippen molar-refractivity contribution in [1.29, 1.82) is 0 Å². The van der Waals surface area contributed by atoms with Gasteiger partial charge in [0.05, 0.1) is 40.3 Å². The summed E-state index contributed by atoms with van der Waals surface area (Å²) in [6.07, 6.45) is 26.8. The molecular weight excluding hydrogens is 570 g/mol. The number of likely N-dealkylation sites (N-methyl/N-ethyl adjacent to an activating group) is 1. The minimum Gasteiger partial charge on any atom is -0.544 e. The highest BCUT2D eigenvalue weighted by Crippen LogP contribution is 2.14. The van der Waals surface area contributed by atoms with Gasteiger partial charge in [0, 0.05) is 19.3 Å². The molecule has 0 aromatic rings. The van der Waals surface area contributed by atoms with E-state index in [1.54, 1.807) is 21.1 Å². The normalized spacial score (nSPS) is 13.2. The number of carbonyl (C=O) groups excluding carboxylic acids is 3. The summed E-state index contributed by atoms with van der Waals surface area (Å²) in [7, 11) is 5.38. The van der Waals surface area contributed by atoms with Crippen molar-refractivity contribution in [1.82, 2.24) is 0 Å². The standard InChI is InChI=1S/C37H69NO7/c1-6-8-10-12-14-16-17-18-19-20-22-24-26-28-36(40)45-33(31-43-30-29-34(37(41)42)38(3,4)5)32-44-35(39)27-25-23-21-15-13-11-9-7-2/h21,23,33-34H,6-20,22,24-32H2,1-5H3/b23-21+. The van der Waals surface area contributed by atoms with Crippen LogP contribution in [0, 0.1) is 0 Å². The molecule has 0 saturated carbocycles. The van der Waals surface area contributed by atoms with Crippen LogP contribution in [0.25, 0.3) is 0 Å². The van der Waals surface area contributed by atoms with Gasteiger partial charge in [-0.1, -0.05) is 122 Å². The van der Waals surface area contributed by atoms with Crippen molar-refractivity contribution in [3.63, 3.8) is 0 Å². The van der Waals surface area contributed by atoms with Gasteiger partial charge < -0.3 is 28.6 Å². The number of allylic oxidation sites excluding steroid dienone is 2. The van der Waals surface area contributed by atoms with Crippen LogP contribution in [0.2, 0.25) is 0 Å². The number of carboxylic acids is 1. The van der Waals surface area contributed by atoms with Crippen molar-refractivity contribution in [3.05, 3.63) is 12.2 Å². The molecule has 0 heterocycles. The zero-order valence-electron chi connectivity index (χ0n) is 29.8. The van der Waals surface area contributed by atoms with Gasteiger partial charge in [-0.25, -0.2) is 0 Å². The van der Waals surface area contributed by atoms with Crippen LogP contribution < -0.4 is 5.11 Å². The Bertz CT molecular complexity index is 762. The summed E-state index contributed by atoms with van der Waals surface area (Å²) in [5.74, 6) is -1.80. The first-order valence-electron chi connectivity index (χ1n) is 18.2. The van der Waals surface area contributed by atoms with Crippen molar-refractivity contribution in [3.8, 4) is 0 Å². The molecule has 0 aromatic carbocycles. The van der Waals surface area contributed by atoms with Gasteiger partial charge in [0.15, 0.2) is 6.10 Å². The van der Waals surface area contributed by atoms with Crippen LogP contribution in [0.1, 0.15) is 155 Å². The molecule has 0 amide bonds. The SMILES string of the molecule is CCCCCC/C=C/CCC(=O)OCC(COCCC(C(=O)[O-])[N+](C)(C)C)OC(=O)CCCCCCCCCCCCCCC. The summed E-state index contributed by atoms with van der Waals surface area (Å²) in [6, 6.07) is -0.723. The molecule has 0 radical (unpaired) electrons. The van der Waals surface area contributed by atoms with Crippen LogP contribution in [-0.2, 0) is 28.6 Å². The molecule has 0 aromatic heterocycles. The summed E-state index contributed by atoms with van der Waals surface area (Å²) in [5, 5.41) is 11.5. The van der Waals surface area contributed by atoms with Gasteiger partial charge in [-0.3, -0.25) is 9.59 Å². The molecule has 0 N–H and O–H groups in total. The van der Waals surface area contributed by atoms with E-state index in [4.69, 9.17) is 14.2 Å². The summed E-state index contributed by atoms with van der Waals surface area (Å²) in [4.78, 5) is 36.4. The molecule has 264 valence electrons. The molecule has 0 spiro atoms. The Morgan fingerprint density at radius 3 is 1.69 bits per heavy atom. The second-order valence-electron chi connectivity index (χ2n) is 13.5. The van der Waals surface area contributed by atoms with E-state index < -0.39 is 18.1 Å². The molecule has 0 rings (SSSR count). The lowest BCUT2D eigenvalue weighted by atomic mass is 10.0. The van der Waals surface area contributed by atoms with Gasteiger partial charge >= 0.3 is 11.9 Å². The highest BCUT2D eigenvalue weighted by Gasteiger charge is 2.25. The third kappa shape index (κ3) is 28.1. The molecule has 45 heavy (non-hydrogen) atoms. The Hall–Kier alpha value is -1.93. The second kappa shape index (κ2) is 29.5. The highest BCUT2D eigenvalue weighted by molar-refractivity contribution is 5.70. The summed E-state index contributed by atoms with van der Waals surface area (Å²) < 4.78 is 17.0. The fraction of sp³-hybridized carbons (Fsp3) is 0.865. The van der Waals surface area contributed by atoms with Crippen molar-refractivity contribution in [2.24, 2.45) is 0 Å². The number of aliphatic carboxylic acids is 1. The van der Waals surface area contributed by atoms with E-state index in [2.05, 4.69) is 19.9 Å². The van der Waals surface area contributed by atoms with Gasteiger partial charge in [0.1, 0.15) is 12.6 Å². The van der Waals surface area contributed by atoms with Gasteiger partial charge in [0.2, 0.25) is 0 Å². The van der Waals surface area contributed by atoms with Crippen LogP contribution in [0.5, 0.6) is 0 Å². The van der Waals surface area contributed by atoms with E-state index in [0.717, 1.165) is 25.7 Å². The van der Waals surface area contributed by atoms with Crippen molar-refractivity contribution in [2.45, 2.75) is 167 Å². The Labute approximate surface area is 276 Å². The van der Waals surface area contributed by atoms with E-state index in [1.807, 2.05) is 6.08 Å². The zero-order chi connectivity index (χ0) is 33.6. The van der Waals surface area contributed by atoms with Crippen LogP contribution in [0.4, 0.5) is 0 Å². The Morgan fingerprint density at radius 1 is 0.644 bits per heavy atom. The lowest BCUT2D eigenvalue weighted by Gasteiger charge is -2.34. The first kappa shape index (κ1) is 43.1. The summed E-state index contributed by atoms with van der Waals surface area (Å²) in [5.41, 5.74) is 0. The number of nitrogens with zero attached hydrogens (tertiary/aromatic N) is 1. The topological polar surface area (TPSA) is 102 Å². The zero-order valence-corrected chi connectivity index (χ0v) is 29.8. The van der Waals surface area contributed by atoms with E-state index in [0.29, 0.717) is 12.8 Å². The molecular formula is C37H69NO7. The third-order valence-electron chi connectivity index (χ3n) is 8.17. The number of carbonyl (C=O) groups is 3. The first-order valence-corrected chi connectivity index (χ1v) is 18.2. The molecule has 0 saturated heterocycles. The maximum Gasteiger partial charge on any atom is 0.306 e. The fourth-order valence-corrected chi connectivity index (χ4v) is 5.26. The van der Waals surface area contributed by atoms with Gasteiger partial charge in [-0.2, -0.15) is 0 Å². The monoisotopic (exact) mass is 640 g/mol. The minimum absolute atomic E-state index is 0.0339. The average Bonchev–Trinajstić information content (AvgIpc) is 2.98. The van der Waals surface area contributed by atoms with Gasteiger partial charge in [-0.05, 0) is 25.7 Å². The van der Waals surface area contributed by atoms with E-state index >= 15 is 0 Å². The predicted molar refractivity (Wildman–Crippen MR) is 181 cm³/mol. The fourth-order valence-electron chi connectivity index (χ4n) is 5.26. The number of hydrogen-bond donors (Lipinski definition) is 0. The molecule has 2 unspecified atom stereocenters. The Morgan fingerprint density at radius 2 is 1.16 bits per heavy atom. The third-order valence-corrected chi connectivity index (χ3v) is 8.17. The number of hydrogen-bond acceptors (Lipinski definition) is 7. The number of carboxylic acid groups (broad SMARTS) is 1. The average molecular weight is 640 g/mol. The number of esters is 2. The molecule has 0 aliphatic rings. The summed E-state index contributed by atoms with van der Waals surface area (Å²) in [6.45, 7) is 4.56. The number of quaternary nitrogens is 1. The quantitative estimate of drug-likeness (QED) is 0.0326. The molecule has 0 bridgehead atoms. The Balaban J connectivity index is 4.45. The molecule has 0 aliphatic heterocycles. The molecule has 8 nitrogen and oxygen atoms in total. The van der Waals surface area contributed by atoms with Crippen LogP contribution in [0.15, 0.2) is 12.2 Å². The van der Waals surface area contributed by atoms with Crippen LogP contribution in [-0.4, -0.2) is 75.5 Å². The highest BCUT2D eigenvalue weighted by atomic mass is 16.6. The van der Waals surface area contributed by atoms with Crippen molar-refractivity contribution in [2.75, 3.05) is 41.0 Å². The van der Waals surface area contributed by atoms with Crippen molar-refractivity contribution >= 4 is 17.9 Å². The minimum atomic E-state index is -1.13. The second-order valence-corrected chi connectivity index (χ2v) is 13.5. The van der Waals surface area contributed by atoms with E-state index in [9.17, 15) is 19.5 Å².